The van der Waals surface area contributed by atoms with Gasteiger partial charge in [-0.1, -0.05) is 40.2 Å². The Morgan fingerprint density at radius 1 is 1.10 bits per heavy atom. The average Bonchev–Trinajstić information content (AvgIpc) is 2.44. The Balaban J connectivity index is 2.36. The van der Waals surface area contributed by atoms with Crippen LogP contribution in [0.5, 0.6) is 0 Å². The van der Waals surface area contributed by atoms with Gasteiger partial charge in [0.25, 0.3) is 0 Å². The van der Waals surface area contributed by atoms with Crippen LogP contribution in [0.1, 0.15) is 33.0 Å². The van der Waals surface area contributed by atoms with Crippen molar-refractivity contribution in [3.8, 4) is 6.07 Å². The summed E-state index contributed by atoms with van der Waals surface area (Å²) in [6.45, 7) is 3.97. The maximum absolute atomic E-state index is 12.5. The molecule has 2 aromatic rings. The van der Waals surface area contributed by atoms with E-state index in [1.165, 1.54) is 0 Å². The Morgan fingerprint density at radius 2 is 1.75 bits per heavy atom. The second-order valence-corrected chi connectivity index (χ2v) is 5.69. The average molecular weight is 328 g/mol. The molecule has 100 valence electrons. The van der Waals surface area contributed by atoms with Gasteiger partial charge in [-0.25, -0.2) is 0 Å². The van der Waals surface area contributed by atoms with E-state index in [2.05, 4.69) is 22.0 Å². The van der Waals surface area contributed by atoms with Crippen LogP contribution in [0.25, 0.3) is 0 Å². The van der Waals surface area contributed by atoms with E-state index in [0.29, 0.717) is 5.56 Å². The predicted molar refractivity (Wildman–Crippen MR) is 82.7 cm³/mol. The molecule has 3 heteroatoms. The summed E-state index contributed by atoms with van der Waals surface area (Å²) in [6.07, 6.45) is 0. The summed E-state index contributed by atoms with van der Waals surface area (Å²) < 4.78 is 0.927. The van der Waals surface area contributed by atoms with E-state index in [4.69, 9.17) is 0 Å². The van der Waals surface area contributed by atoms with Gasteiger partial charge >= 0.3 is 0 Å². The highest BCUT2D eigenvalue weighted by Crippen LogP contribution is 2.23. The zero-order chi connectivity index (χ0) is 14.7. The van der Waals surface area contributed by atoms with Crippen LogP contribution in [0.3, 0.4) is 0 Å². The molecular formula is C17H14BrNO. The first-order valence-electron chi connectivity index (χ1n) is 6.29. The molecule has 0 aromatic heterocycles. The van der Waals surface area contributed by atoms with Crippen LogP contribution in [0.4, 0.5) is 0 Å². The molecule has 0 fully saturated rings. The van der Waals surface area contributed by atoms with Crippen molar-refractivity contribution in [2.24, 2.45) is 0 Å². The van der Waals surface area contributed by atoms with Crippen LogP contribution < -0.4 is 0 Å². The molecular weight excluding hydrogens is 314 g/mol. The molecule has 1 atom stereocenters. The number of nitriles is 1. The lowest BCUT2D eigenvalue weighted by atomic mass is 9.91. The van der Waals surface area contributed by atoms with Gasteiger partial charge < -0.3 is 0 Å². The van der Waals surface area contributed by atoms with E-state index in [-0.39, 0.29) is 5.78 Å². The largest absolute Gasteiger partial charge is 0.292 e. The first-order valence-corrected chi connectivity index (χ1v) is 7.09. The third kappa shape index (κ3) is 2.97. The van der Waals surface area contributed by atoms with Crippen molar-refractivity contribution in [3.05, 3.63) is 69.2 Å². The second-order valence-electron chi connectivity index (χ2n) is 4.78. The van der Waals surface area contributed by atoms with Gasteiger partial charge in [0.2, 0.25) is 0 Å². The monoisotopic (exact) mass is 327 g/mol. The molecule has 1 unspecified atom stereocenters. The highest BCUT2D eigenvalue weighted by molar-refractivity contribution is 9.10. The summed E-state index contributed by atoms with van der Waals surface area (Å²) in [7, 11) is 0. The van der Waals surface area contributed by atoms with Crippen molar-refractivity contribution in [1.82, 2.24) is 0 Å². The fourth-order valence-electron chi connectivity index (χ4n) is 2.00. The summed E-state index contributed by atoms with van der Waals surface area (Å²) >= 11 is 3.35. The Labute approximate surface area is 127 Å². The maximum atomic E-state index is 12.5. The van der Waals surface area contributed by atoms with Crippen molar-refractivity contribution < 1.29 is 4.79 Å². The predicted octanol–water partition coefficient (Wildman–Crippen LogP) is 4.56. The van der Waals surface area contributed by atoms with Crippen LogP contribution in [0.15, 0.2) is 46.9 Å². The molecule has 0 N–H and O–H groups in total. The molecule has 0 radical (unpaired) electrons. The second kappa shape index (κ2) is 6.02. The zero-order valence-electron chi connectivity index (χ0n) is 11.4. The van der Waals surface area contributed by atoms with E-state index < -0.39 is 5.92 Å². The molecule has 0 aliphatic heterocycles. The van der Waals surface area contributed by atoms with E-state index in [0.717, 1.165) is 21.2 Å². The molecule has 2 rings (SSSR count). The minimum absolute atomic E-state index is 0.155. The minimum Gasteiger partial charge on any atom is -0.292 e. The highest BCUT2D eigenvalue weighted by atomic mass is 79.9. The molecule has 0 aliphatic carbocycles. The number of Topliss-reactive ketones (excluding diaryl/α,β-unsaturated/α-hetero) is 1. The molecule has 0 amide bonds. The lowest BCUT2D eigenvalue weighted by Crippen LogP contribution is -2.11. The Bertz CT molecular complexity index is 683. The number of benzene rings is 2. The van der Waals surface area contributed by atoms with Gasteiger partial charge in [-0.3, -0.25) is 4.79 Å². The third-order valence-corrected chi connectivity index (χ3v) is 3.91. The zero-order valence-corrected chi connectivity index (χ0v) is 12.9. The number of carbonyl (C=O) groups is 1. The molecule has 20 heavy (non-hydrogen) atoms. The molecule has 0 spiro atoms. The lowest BCUT2D eigenvalue weighted by Gasteiger charge is -2.10. The summed E-state index contributed by atoms with van der Waals surface area (Å²) in [5.74, 6) is -0.914. The first-order chi connectivity index (χ1) is 9.52. The highest BCUT2D eigenvalue weighted by Gasteiger charge is 2.21. The summed E-state index contributed by atoms with van der Waals surface area (Å²) in [4.78, 5) is 12.5. The normalized spacial score (nSPS) is 11.7. The van der Waals surface area contributed by atoms with Crippen molar-refractivity contribution in [2.45, 2.75) is 19.8 Å². The van der Waals surface area contributed by atoms with E-state index >= 15 is 0 Å². The van der Waals surface area contributed by atoms with Gasteiger partial charge in [0, 0.05) is 10.0 Å². The van der Waals surface area contributed by atoms with Crippen LogP contribution in [0, 0.1) is 25.2 Å². The molecule has 0 bridgehead atoms. The van der Waals surface area contributed by atoms with Crippen molar-refractivity contribution in [1.29, 1.82) is 5.26 Å². The number of aryl methyl sites for hydroxylation is 2. The SMILES string of the molecule is Cc1ccc(C(=O)C(C#N)c2ccc(Br)cc2)cc1C. The van der Waals surface area contributed by atoms with Crippen molar-refractivity contribution in [2.75, 3.05) is 0 Å². The number of hydrogen-bond donors (Lipinski definition) is 0. The Morgan fingerprint density at radius 3 is 2.30 bits per heavy atom. The molecule has 2 nitrogen and oxygen atoms in total. The van der Waals surface area contributed by atoms with Gasteiger partial charge in [0.15, 0.2) is 5.78 Å². The fourth-order valence-corrected chi connectivity index (χ4v) is 2.27. The first kappa shape index (κ1) is 14.5. The van der Waals surface area contributed by atoms with E-state index in [1.807, 2.05) is 38.1 Å². The van der Waals surface area contributed by atoms with Gasteiger partial charge in [-0.2, -0.15) is 5.26 Å². The summed E-state index contributed by atoms with van der Waals surface area (Å²) in [5, 5.41) is 9.32. The van der Waals surface area contributed by atoms with Crippen LogP contribution >= 0.6 is 15.9 Å². The van der Waals surface area contributed by atoms with Gasteiger partial charge in [0.05, 0.1) is 6.07 Å². The fraction of sp³-hybridized carbons (Fsp3) is 0.176. The number of rotatable bonds is 3. The Hall–Kier alpha value is -1.92. The van der Waals surface area contributed by atoms with Crippen molar-refractivity contribution >= 4 is 21.7 Å². The van der Waals surface area contributed by atoms with E-state index in [9.17, 15) is 10.1 Å². The molecule has 0 saturated heterocycles. The number of carbonyl (C=O) groups excluding carboxylic acids is 1. The molecule has 0 aliphatic rings. The quantitative estimate of drug-likeness (QED) is 0.775. The van der Waals surface area contributed by atoms with Gasteiger partial charge in [0.1, 0.15) is 5.92 Å². The number of nitrogens with zero attached hydrogens (tertiary/aromatic N) is 1. The maximum Gasteiger partial charge on any atom is 0.184 e. The molecule has 2 aromatic carbocycles. The number of ketones is 1. The molecule has 0 saturated carbocycles. The van der Waals surface area contributed by atoms with E-state index in [1.54, 1.807) is 18.2 Å². The summed E-state index contributed by atoms with van der Waals surface area (Å²) in [5.41, 5.74) is 3.50. The van der Waals surface area contributed by atoms with Gasteiger partial charge in [-0.05, 0) is 48.7 Å². The molecule has 0 heterocycles. The minimum atomic E-state index is -0.759. The van der Waals surface area contributed by atoms with Crippen LogP contribution in [0.2, 0.25) is 0 Å². The Kier molecular flexibility index (Phi) is 4.36. The number of halogens is 1. The lowest BCUT2D eigenvalue weighted by molar-refractivity contribution is 0.0979. The topological polar surface area (TPSA) is 40.9 Å². The van der Waals surface area contributed by atoms with Crippen LogP contribution in [-0.4, -0.2) is 5.78 Å². The summed E-state index contributed by atoms with van der Waals surface area (Å²) in [6, 6.07) is 14.9. The van der Waals surface area contributed by atoms with Crippen LogP contribution in [-0.2, 0) is 0 Å². The third-order valence-electron chi connectivity index (χ3n) is 3.39. The smallest absolute Gasteiger partial charge is 0.184 e. The number of hydrogen-bond acceptors (Lipinski definition) is 2. The standard InChI is InChI=1S/C17H14BrNO/c1-11-3-4-14(9-12(11)2)17(20)16(10-19)13-5-7-15(18)8-6-13/h3-9,16H,1-2H3. The van der Waals surface area contributed by atoms with Crippen molar-refractivity contribution in [3.63, 3.8) is 0 Å². The van der Waals surface area contributed by atoms with Gasteiger partial charge in [-0.15, -0.1) is 0 Å².